The summed E-state index contributed by atoms with van der Waals surface area (Å²) in [7, 11) is 3.62. The lowest BCUT2D eigenvalue weighted by Gasteiger charge is -2.24. The second kappa shape index (κ2) is 9.50. The molecule has 5 heteroatoms. The second-order valence-corrected chi connectivity index (χ2v) is 5.25. The predicted octanol–water partition coefficient (Wildman–Crippen LogP) is 1.12. The molecule has 1 aromatic rings. The fourth-order valence-electron chi connectivity index (χ4n) is 1.98. The number of nitrogens with zero attached hydrogens (tertiary/aromatic N) is 1. The number of hydrogen-bond acceptors (Lipinski definition) is 4. The van der Waals surface area contributed by atoms with E-state index in [-0.39, 0.29) is 11.9 Å². The van der Waals surface area contributed by atoms with Gasteiger partial charge in [-0.1, -0.05) is 24.3 Å². The molecular formula is C16H27N3O2. The minimum atomic E-state index is -0.165. The van der Waals surface area contributed by atoms with Gasteiger partial charge in [0.05, 0.1) is 6.04 Å². The van der Waals surface area contributed by atoms with E-state index in [2.05, 4.69) is 17.4 Å². The lowest BCUT2D eigenvalue weighted by molar-refractivity contribution is -0.125. The summed E-state index contributed by atoms with van der Waals surface area (Å²) in [6, 6.07) is 8.00. The zero-order valence-electron chi connectivity index (χ0n) is 13.3. The molecule has 1 unspecified atom stereocenters. The number of hydrogen-bond donors (Lipinski definition) is 2. The van der Waals surface area contributed by atoms with E-state index in [0.717, 1.165) is 18.5 Å². The highest BCUT2D eigenvalue weighted by molar-refractivity contribution is 5.81. The SMILES string of the molecule is COCCCNC(=O)C(C)N(C)Cc1ccc(CN)cc1. The fourth-order valence-corrected chi connectivity index (χ4v) is 1.98. The second-order valence-electron chi connectivity index (χ2n) is 5.25. The number of carbonyl (C=O) groups is 1. The van der Waals surface area contributed by atoms with Crippen LogP contribution in [0, 0.1) is 0 Å². The van der Waals surface area contributed by atoms with Gasteiger partial charge >= 0.3 is 0 Å². The first kappa shape index (κ1) is 17.6. The lowest BCUT2D eigenvalue weighted by atomic mass is 10.1. The summed E-state index contributed by atoms with van der Waals surface area (Å²) in [6.45, 7) is 4.52. The van der Waals surface area contributed by atoms with Gasteiger partial charge in [0.1, 0.15) is 0 Å². The van der Waals surface area contributed by atoms with Crippen LogP contribution in [0.15, 0.2) is 24.3 Å². The van der Waals surface area contributed by atoms with Crippen LogP contribution in [0.1, 0.15) is 24.5 Å². The van der Waals surface area contributed by atoms with Gasteiger partial charge < -0.3 is 15.8 Å². The van der Waals surface area contributed by atoms with Gasteiger partial charge in [-0.3, -0.25) is 9.69 Å². The summed E-state index contributed by atoms with van der Waals surface area (Å²) in [5.74, 6) is 0.0483. The van der Waals surface area contributed by atoms with Crippen molar-refractivity contribution >= 4 is 5.91 Å². The van der Waals surface area contributed by atoms with Crippen molar-refractivity contribution < 1.29 is 9.53 Å². The average Bonchev–Trinajstić information content (AvgIpc) is 2.51. The molecule has 1 atom stereocenters. The summed E-state index contributed by atoms with van der Waals surface area (Å²) in [6.07, 6.45) is 0.833. The highest BCUT2D eigenvalue weighted by Crippen LogP contribution is 2.08. The molecule has 0 aromatic heterocycles. The number of likely N-dealkylation sites (N-methyl/N-ethyl adjacent to an activating group) is 1. The maximum absolute atomic E-state index is 12.0. The van der Waals surface area contributed by atoms with Crippen molar-refractivity contribution in [2.45, 2.75) is 32.5 Å². The molecule has 118 valence electrons. The van der Waals surface area contributed by atoms with Gasteiger partial charge in [-0.2, -0.15) is 0 Å². The van der Waals surface area contributed by atoms with Crippen LogP contribution >= 0.6 is 0 Å². The number of ether oxygens (including phenoxy) is 1. The Morgan fingerprint density at radius 2 is 1.95 bits per heavy atom. The lowest BCUT2D eigenvalue weighted by Crippen LogP contribution is -2.43. The molecule has 0 heterocycles. The third kappa shape index (κ3) is 6.25. The normalized spacial score (nSPS) is 12.4. The minimum absolute atomic E-state index is 0.0483. The highest BCUT2D eigenvalue weighted by atomic mass is 16.5. The molecule has 0 radical (unpaired) electrons. The third-order valence-electron chi connectivity index (χ3n) is 3.56. The molecule has 0 bridgehead atoms. The third-order valence-corrected chi connectivity index (χ3v) is 3.56. The standard InChI is InChI=1S/C16H27N3O2/c1-13(16(20)18-9-4-10-21-3)19(2)12-15-7-5-14(11-17)6-8-15/h5-8,13H,4,9-12,17H2,1-3H3,(H,18,20). The molecular weight excluding hydrogens is 266 g/mol. The maximum Gasteiger partial charge on any atom is 0.237 e. The Hall–Kier alpha value is -1.43. The number of amides is 1. The van der Waals surface area contributed by atoms with Crippen molar-refractivity contribution in [2.24, 2.45) is 5.73 Å². The average molecular weight is 293 g/mol. The minimum Gasteiger partial charge on any atom is -0.385 e. The van der Waals surface area contributed by atoms with Crippen LogP contribution in [-0.2, 0) is 22.6 Å². The molecule has 0 saturated carbocycles. The molecule has 1 aromatic carbocycles. The van der Waals surface area contributed by atoms with E-state index in [9.17, 15) is 4.79 Å². The van der Waals surface area contributed by atoms with Gasteiger partial charge in [-0.25, -0.2) is 0 Å². The molecule has 0 fully saturated rings. The highest BCUT2D eigenvalue weighted by Gasteiger charge is 2.17. The van der Waals surface area contributed by atoms with Gasteiger partial charge in [0.2, 0.25) is 5.91 Å². The molecule has 0 aliphatic heterocycles. The molecule has 3 N–H and O–H groups in total. The summed E-state index contributed by atoms with van der Waals surface area (Å²) in [4.78, 5) is 14.1. The van der Waals surface area contributed by atoms with Crippen LogP contribution in [-0.4, -0.2) is 44.2 Å². The van der Waals surface area contributed by atoms with E-state index in [0.29, 0.717) is 19.7 Å². The van der Waals surface area contributed by atoms with Gasteiger partial charge in [-0.15, -0.1) is 0 Å². The first-order valence-corrected chi connectivity index (χ1v) is 7.33. The van der Waals surface area contributed by atoms with Crippen molar-refractivity contribution in [1.29, 1.82) is 0 Å². The smallest absolute Gasteiger partial charge is 0.237 e. The molecule has 0 spiro atoms. The quantitative estimate of drug-likeness (QED) is 0.670. The largest absolute Gasteiger partial charge is 0.385 e. The number of benzene rings is 1. The van der Waals surface area contributed by atoms with E-state index in [1.54, 1.807) is 7.11 Å². The van der Waals surface area contributed by atoms with Crippen LogP contribution in [0.2, 0.25) is 0 Å². The number of carbonyl (C=O) groups excluding carboxylic acids is 1. The number of nitrogens with two attached hydrogens (primary N) is 1. The van der Waals surface area contributed by atoms with Crippen LogP contribution in [0.3, 0.4) is 0 Å². The summed E-state index contributed by atoms with van der Waals surface area (Å²) < 4.78 is 4.96. The van der Waals surface area contributed by atoms with Gasteiger partial charge in [-0.05, 0) is 31.5 Å². The van der Waals surface area contributed by atoms with Crippen LogP contribution < -0.4 is 11.1 Å². The zero-order chi connectivity index (χ0) is 15.7. The number of methoxy groups -OCH3 is 1. The van der Waals surface area contributed by atoms with Crippen molar-refractivity contribution in [2.75, 3.05) is 27.3 Å². The van der Waals surface area contributed by atoms with Crippen molar-refractivity contribution in [3.8, 4) is 0 Å². The van der Waals surface area contributed by atoms with Crippen LogP contribution in [0.4, 0.5) is 0 Å². The predicted molar refractivity (Wildman–Crippen MR) is 84.8 cm³/mol. The van der Waals surface area contributed by atoms with Gasteiger partial charge in [0.25, 0.3) is 0 Å². The van der Waals surface area contributed by atoms with Crippen LogP contribution in [0.25, 0.3) is 0 Å². The molecule has 0 aliphatic rings. The molecule has 1 amide bonds. The number of nitrogens with one attached hydrogen (secondary N) is 1. The van der Waals surface area contributed by atoms with E-state index in [1.165, 1.54) is 5.56 Å². The van der Waals surface area contributed by atoms with Gasteiger partial charge in [0, 0.05) is 33.4 Å². The van der Waals surface area contributed by atoms with E-state index < -0.39 is 0 Å². The topological polar surface area (TPSA) is 67.6 Å². The Kier molecular flexibility index (Phi) is 7.97. The van der Waals surface area contributed by atoms with E-state index >= 15 is 0 Å². The maximum atomic E-state index is 12.0. The Bertz CT molecular complexity index is 420. The summed E-state index contributed by atoms with van der Waals surface area (Å²) in [5.41, 5.74) is 7.88. The monoisotopic (exact) mass is 293 g/mol. The van der Waals surface area contributed by atoms with Crippen molar-refractivity contribution in [3.63, 3.8) is 0 Å². The molecule has 21 heavy (non-hydrogen) atoms. The first-order chi connectivity index (χ1) is 10.1. The van der Waals surface area contributed by atoms with E-state index in [4.69, 9.17) is 10.5 Å². The van der Waals surface area contributed by atoms with E-state index in [1.807, 2.05) is 31.0 Å². The van der Waals surface area contributed by atoms with Gasteiger partial charge in [0.15, 0.2) is 0 Å². The summed E-state index contributed by atoms with van der Waals surface area (Å²) in [5, 5.41) is 2.93. The first-order valence-electron chi connectivity index (χ1n) is 7.33. The Morgan fingerprint density at radius 1 is 1.33 bits per heavy atom. The Labute approximate surface area is 127 Å². The van der Waals surface area contributed by atoms with Crippen LogP contribution in [0.5, 0.6) is 0 Å². The fraction of sp³-hybridized carbons (Fsp3) is 0.562. The molecule has 0 aliphatic carbocycles. The van der Waals surface area contributed by atoms with Crippen molar-refractivity contribution in [1.82, 2.24) is 10.2 Å². The molecule has 0 saturated heterocycles. The van der Waals surface area contributed by atoms with Crippen molar-refractivity contribution in [3.05, 3.63) is 35.4 Å². The number of rotatable bonds is 9. The molecule has 1 rings (SSSR count). The Morgan fingerprint density at radius 3 is 2.52 bits per heavy atom. The Balaban J connectivity index is 2.41. The summed E-state index contributed by atoms with van der Waals surface area (Å²) >= 11 is 0. The zero-order valence-corrected chi connectivity index (χ0v) is 13.3. The molecule has 5 nitrogen and oxygen atoms in total.